The molecule has 3 aromatic rings. The van der Waals surface area contributed by atoms with Crippen molar-refractivity contribution in [2.45, 2.75) is 70.0 Å². The van der Waals surface area contributed by atoms with Crippen LogP contribution in [0.4, 0.5) is 0 Å². The van der Waals surface area contributed by atoms with Crippen molar-refractivity contribution in [2.75, 3.05) is 0 Å². The molecule has 5 heteroatoms. The summed E-state index contributed by atoms with van der Waals surface area (Å²) in [5.74, 6) is -0.0817. The summed E-state index contributed by atoms with van der Waals surface area (Å²) in [6.07, 6.45) is 4.95. The van der Waals surface area contributed by atoms with Crippen LogP contribution in [0.15, 0.2) is 107 Å². The Morgan fingerprint density at radius 2 is 1.55 bits per heavy atom. The zero-order valence-corrected chi connectivity index (χ0v) is 22.9. The number of esters is 1. The molecule has 0 aromatic heterocycles. The molecular weight excluding hydrogens is 498 g/mol. The lowest BCUT2D eigenvalue weighted by molar-refractivity contribution is -0.144. The molecule has 0 unspecified atom stereocenters. The maximum absolute atomic E-state index is 14.0. The Kier molecular flexibility index (Phi) is 7.54. The highest BCUT2D eigenvalue weighted by atomic mass is 16.5. The van der Waals surface area contributed by atoms with Crippen LogP contribution in [0.2, 0.25) is 0 Å². The molecule has 1 N–H and O–H groups in total. The average Bonchev–Trinajstić information content (AvgIpc) is 3.49. The molecular formula is C35H35NO4. The molecule has 0 radical (unpaired) electrons. The fraction of sp³-hybridized carbons (Fsp3) is 0.314. The first-order valence-electron chi connectivity index (χ1n) is 14.3. The van der Waals surface area contributed by atoms with Crippen molar-refractivity contribution in [2.24, 2.45) is 0 Å². The first kappa shape index (κ1) is 26.1. The molecule has 1 heterocycles. The van der Waals surface area contributed by atoms with Crippen molar-refractivity contribution < 1.29 is 19.1 Å². The summed E-state index contributed by atoms with van der Waals surface area (Å²) in [6.45, 7) is 2.31. The van der Waals surface area contributed by atoms with E-state index in [-0.39, 0.29) is 23.8 Å². The van der Waals surface area contributed by atoms with Crippen LogP contribution in [0.3, 0.4) is 0 Å². The summed E-state index contributed by atoms with van der Waals surface area (Å²) < 4.78 is 12.4. The van der Waals surface area contributed by atoms with Gasteiger partial charge in [0.25, 0.3) is 0 Å². The van der Waals surface area contributed by atoms with Crippen molar-refractivity contribution in [3.05, 3.63) is 124 Å². The Hall–Kier alpha value is -4.12. The molecule has 5 nitrogen and oxygen atoms in total. The Balaban J connectivity index is 1.40. The van der Waals surface area contributed by atoms with Gasteiger partial charge in [-0.2, -0.15) is 0 Å². The standard InChI is InChI=1S/C35H35NO4/c1-23-32(35(38)40-27-16-8-9-17-27)33(28-18-10-11-19-31(28)39-22-24-12-4-2-5-13-24)34-29(36-23)20-26(21-30(34)37)25-14-6-3-7-15-25/h2-7,10-15,18-19,26-27,33,36H,8-9,16-17,20-22H2,1H3/t26-,33-/m0/s1. The van der Waals surface area contributed by atoms with Crippen LogP contribution in [0.25, 0.3) is 0 Å². The minimum Gasteiger partial charge on any atom is -0.489 e. The number of Topliss-reactive ketones (excluding diaryl/α,β-unsaturated/α-hetero) is 1. The van der Waals surface area contributed by atoms with E-state index in [9.17, 15) is 9.59 Å². The predicted molar refractivity (Wildman–Crippen MR) is 155 cm³/mol. The third kappa shape index (κ3) is 5.33. The third-order valence-corrected chi connectivity index (χ3v) is 8.36. The smallest absolute Gasteiger partial charge is 0.337 e. The summed E-state index contributed by atoms with van der Waals surface area (Å²) in [6, 6.07) is 28.0. The first-order valence-corrected chi connectivity index (χ1v) is 14.3. The van der Waals surface area contributed by atoms with Gasteiger partial charge in [0.2, 0.25) is 0 Å². The van der Waals surface area contributed by atoms with Gasteiger partial charge in [-0.05, 0) is 62.1 Å². The number of ketones is 1. The number of nitrogens with one attached hydrogen (secondary N) is 1. The van der Waals surface area contributed by atoms with Crippen LogP contribution in [0.5, 0.6) is 5.75 Å². The summed E-state index contributed by atoms with van der Waals surface area (Å²) >= 11 is 0. The van der Waals surface area contributed by atoms with E-state index < -0.39 is 5.92 Å². The largest absolute Gasteiger partial charge is 0.489 e. The van der Waals surface area contributed by atoms with Crippen LogP contribution < -0.4 is 10.1 Å². The number of hydrogen-bond donors (Lipinski definition) is 1. The van der Waals surface area contributed by atoms with Gasteiger partial charge in [-0.15, -0.1) is 0 Å². The summed E-state index contributed by atoms with van der Waals surface area (Å²) in [5, 5.41) is 3.48. The molecule has 2 aliphatic carbocycles. The van der Waals surface area contributed by atoms with Crippen LogP contribution in [-0.2, 0) is 20.9 Å². The monoisotopic (exact) mass is 533 g/mol. The van der Waals surface area contributed by atoms with Crippen molar-refractivity contribution in [1.29, 1.82) is 0 Å². The number of allylic oxidation sites excluding steroid dienone is 3. The molecule has 2 atom stereocenters. The van der Waals surface area contributed by atoms with Crippen LogP contribution in [0.1, 0.15) is 74.0 Å². The SMILES string of the molecule is CC1=C(C(=O)OC2CCCC2)[C@H](c2ccccc2OCc2ccccc2)C2=C(C[C@H](c3ccccc3)CC2=O)N1. The number of carbonyl (C=O) groups excluding carboxylic acids is 2. The third-order valence-electron chi connectivity index (χ3n) is 8.36. The zero-order chi connectivity index (χ0) is 27.5. The maximum Gasteiger partial charge on any atom is 0.337 e. The number of rotatable bonds is 7. The molecule has 6 rings (SSSR count). The van der Waals surface area contributed by atoms with E-state index in [0.717, 1.165) is 53.8 Å². The van der Waals surface area contributed by atoms with E-state index in [4.69, 9.17) is 9.47 Å². The van der Waals surface area contributed by atoms with Crippen molar-refractivity contribution >= 4 is 11.8 Å². The molecule has 1 fully saturated rings. The lowest BCUT2D eigenvalue weighted by atomic mass is 9.71. The van der Waals surface area contributed by atoms with Crippen molar-refractivity contribution in [3.8, 4) is 5.75 Å². The number of carbonyl (C=O) groups is 2. The molecule has 0 amide bonds. The Bertz CT molecular complexity index is 1450. The molecule has 3 aliphatic rings. The normalized spacial score (nSPS) is 21.2. The number of para-hydroxylation sites is 1. The van der Waals surface area contributed by atoms with Crippen LogP contribution in [0, 0.1) is 0 Å². The van der Waals surface area contributed by atoms with Crippen LogP contribution >= 0.6 is 0 Å². The Labute approximate surface area is 235 Å². The van der Waals surface area contributed by atoms with Gasteiger partial charge >= 0.3 is 5.97 Å². The molecule has 204 valence electrons. The number of ether oxygens (including phenoxy) is 2. The van der Waals surface area contributed by atoms with Gasteiger partial charge in [-0.25, -0.2) is 4.79 Å². The maximum atomic E-state index is 14.0. The fourth-order valence-electron chi connectivity index (χ4n) is 6.39. The zero-order valence-electron chi connectivity index (χ0n) is 22.9. The molecule has 1 saturated carbocycles. The highest BCUT2D eigenvalue weighted by Gasteiger charge is 2.43. The molecule has 40 heavy (non-hydrogen) atoms. The van der Waals surface area contributed by atoms with E-state index in [0.29, 0.717) is 36.3 Å². The summed E-state index contributed by atoms with van der Waals surface area (Å²) in [7, 11) is 0. The quantitative estimate of drug-likeness (QED) is 0.328. The number of hydrogen-bond acceptors (Lipinski definition) is 5. The van der Waals surface area contributed by atoms with E-state index in [1.165, 1.54) is 0 Å². The van der Waals surface area contributed by atoms with Crippen molar-refractivity contribution in [3.63, 3.8) is 0 Å². The molecule has 3 aromatic carbocycles. The Morgan fingerprint density at radius 3 is 2.30 bits per heavy atom. The minimum atomic E-state index is -0.554. The van der Waals surface area contributed by atoms with Gasteiger partial charge in [0, 0.05) is 29.0 Å². The van der Waals surface area contributed by atoms with E-state index in [1.807, 2.05) is 79.7 Å². The van der Waals surface area contributed by atoms with Gasteiger partial charge in [0.1, 0.15) is 18.5 Å². The predicted octanol–water partition coefficient (Wildman–Crippen LogP) is 7.11. The fourth-order valence-corrected chi connectivity index (χ4v) is 6.39. The minimum absolute atomic E-state index is 0.0594. The van der Waals surface area contributed by atoms with Gasteiger partial charge in [-0.1, -0.05) is 78.9 Å². The van der Waals surface area contributed by atoms with E-state index in [1.54, 1.807) is 0 Å². The highest BCUT2D eigenvalue weighted by molar-refractivity contribution is 6.04. The van der Waals surface area contributed by atoms with Gasteiger partial charge in [-0.3, -0.25) is 4.79 Å². The summed E-state index contributed by atoms with van der Waals surface area (Å²) in [5.41, 5.74) is 5.82. The second-order valence-electron chi connectivity index (χ2n) is 11.1. The van der Waals surface area contributed by atoms with Crippen molar-refractivity contribution in [1.82, 2.24) is 5.32 Å². The topological polar surface area (TPSA) is 64.6 Å². The lowest BCUT2D eigenvalue weighted by Gasteiger charge is -2.37. The number of dihydropyridines is 1. The van der Waals surface area contributed by atoms with Gasteiger partial charge < -0.3 is 14.8 Å². The molecule has 0 saturated heterocycles. The lowest BCUT2D eigenvalue weighted by Crippen LogP contribution is -2.36. The highest BCUT2D eigenvalue weighted by Crippen LogP contribution is 2.48. The van der Waals surface area contributed by atoms with E-state index in [2.05, 4.69) is 17.4 Å². The van der Waals surface area contributed by atoms with Gasteiger partial charge in [0.05, 0.1) is 11.5 Å². The second kappa shape index (κ2) is 11.5. The van der Waals surface area contributed by atoms with Gasteiger partial charge in [0.15, 0.2) is 5.78 Å². The average molecular weight is 534 g/mol. The van der Waals surface area contributed by atoms with E-state index >= 15 is 0 Å². The first-order chi connectivity index (χ1) is 19.6. The summed E-state index contributed by atoms with van der Waals surface area (Å²) in [4.78, 5) is 27.8. The molecule has 0 spiro atoms. The molecule has 0 bridgehead atoms. The number of benzene rings is 3. The Morgan fingerprint density at radius 1 is 0.875 bits per heavy atom. The molecule has 1 aliphatic heterocycles. The van der Waals surface area contributed by atoms with Crippen LogP contribution in [-0.4, -0.2) is 17.9 Å². The second-order valence-corrected chi connectivity index (χ2v) is 11.1.